The number of piperidine rings is 1. The molecule has 1 aliphatic rings. The van der Waals surface area contributed by atoms with Gasteiger partial charge in [-0.1, -0.05) is 54.1 Å². The van der Waals surface area contributed by atoms with E-state index in [0.29, 0.717) is 6.42 Å². The smallest absolute Gasteiger partial charge is 0.0712 e. The predicted octanol–water partition coefficient (Wildman–Crippen LogP) is 3.91. The van der Waals surface area contributed by atoms with Gasteiger partial charge in [-0.05, 0) is 36.1 Å². The molecule has 2 aromatic rings. The van der Waals surface area contributed by atoms with E-state index in [1.807, 2.05) is 30.3 Å². The van der Waals surface area contributed by atoms with E-state index in [1.54, 1.807) is 0 Å². The van der Waals surface area contributed by atoms with Gasteiger partial charge in [0.2, 0.25) is 0 Å². The molecule has 0 spiro atoms. The fraction of sp³-hybridized carbons (Fsp3) is 0.368. The zero-order valence-electron chi connectivity index (χ0n) is 12.7. The summed E-state index contributed by atoms with van der Waals surface area (Å²) in [5.41, 5.74) is 1.91. The average Bonchev–Trinajstić information content (AvgIpc) is 2.53. The molecule has 2 nitrogen and oxygen atoms in total. The van der Waals surface area contributed by atoms with Gasteiger partial charge >= 0.3 is 0 Å². The Labute approximate surface area is 137 Å². The van der Waals surface area contributed by atoms with E-state index in [-0.39, 0.29) is 0 Å². The van der Waals surface area contributed by atoms with Crippen molar-refractivity contribution >= 4 is 11.6 Å². The van der Waals surface area contributed by atoms with E-state index in [1.165, 1.54) is 5.56 Å². The van der Waals surface area contributed by atoms with Crippen LogP contribution in [0.5, 0.6) is 0 Å². The van der Waals surface area contributed by atoms with E-state index in [2.05, 4.69) is 29.2 Å². The predicted molar refractivity (Wildman–Crippen MR) is 91.1 cm³/mol. The maximum absolute atomic E-state index is 10.8. The molecule has 1 fully saturated rings. The van der Waals surface area contributed by atoms with Gasteiger partial charge in [0.25, 0.3) is 0 Å². The van der Waals surface area contributed by atoms with Crippen molar-refractivity contribution in [3.05, 3.63) is 70.7 Å². The van der Waals surface area contributed by atoms with E-state index in [4.69, 9.17) is 11.6 Å². The number of aliphatic hydroxyl groups is 1. The van der Waals surface area contributed by atoms with Crippen molar-refractivity contribution in [2.45, 2.75) is 31.4 Å². The van der Waals surface area contributed by atoms with Gasteiger partial charge in [-0.3, -0.25) is 4.90 Å². The lowest BCUT2D eigenvalue weighted by Crippen LogP contribution is -2.45. The molecular weight excluding hydrogens is 294 g/mol. The number of nitrogens with zero attached hydrogens (tertiary/aromatic N) is 1. The van der Waals surface area contributed by atoms with Crippen LogP contribution in [0.3, 0.4) is 0 Å². The topological polar surface area (TPSA) is 23.5 Å². The van der Waals surface area contributed by atoms with Crippen LogP contribution >= 0.6 is 11.6 Å². The number of benzene rings is 2. The van der Waals surface area contributed by atoms with Crippen molar-refractivity contribution in [2.75, 3.05) is 13.1 Å². The third kappa shape index (κ3) is 4.10. The lowest BCUT2D eigenvalue weighted by molar-refractivity contribution is -0.0224. The fourth-order valence-corrected chi connectivity index (χ4v) is 3.25. The molecule has 0 amide bonds. The average molecular weight is 316 g/mol. The standard InChI is InChI=1S/C19H22ClNO/c20-18-8-6-16(7-9-18)14-19(22)10-12-21(13-11-19)15-17-4-2-1-3-5-17/h1-9,22H,10-15H2. The minimum Gasteiger partial charge on any atom is -0.389 e. The molecule has 1 N–H and O–H groups in total. The Morgan fingerprint density at radius 2 is 1.55 bits per heavy atom. The lowest BCUT2D eigenvalue weighted by Gasteiger charge is -2.38. The summed E-state index contributed by atoms with van der Waals surface area (Å²) < 4.78 is 0. The third-order valence-corrected chi connectivity index (χ3v) is 4.73. The van der Waals surface area contributed by atoms with Crippen molar-refractivity contribution < 1.29 is 5.11 Å². The van der Waals surface area contributed by atoms with Crippen molar-refractivity contribution in [2.24, 2.45) is 0 Å². The van der Waals surface area contributed by atoms with Crippen LogP contribution in [-0.2, 0) is 13.0 Å². The van der Waals surface area contributed by atoms with Crippen LogP contribution in [0, 0.1) is 0 Å². The Morgan fingerprint density at radius 1 is 0.909 bits per heavy atom. The molecule has 0 unspecified atom stereocenters. The minimum atomic E-state index is -0.582. The van der Waals surface area contributed by atoms with Crippen LogP contribution in [0.15, 0.2) is 54.6 Å². The van der Waals surface area contributed by atoms with Crippen LogP contribution < -0.4 is 0 Å². The quantitative estimate of drug-likeness (QED) is 0.924. The van der Waals surface area contributed by atoms with Crippen molar-refractivity contribution in [3.8, 4) is 0 Å². The molecule has 3 rings (SSSR count). The normalized spacial score (nSPS) is 18.3. The Balaban J connectivity index is 1.55. The van der Waals surface area contributed by atoms with E-state index >= 15 is 0 Å². The molecule has 0 aromatic heterocycles. The van der Waals surface area contributed by atoms with Gasteiger partial charge in [0.1, 0.15) is 0 Å². The number of hydrogen-bond acceptors (Lipinski definition) is 2. The molecule has 2 aromatic carbocycles. The van der Waals surface area contributed by atoms with Crippen LogP contribution in [0.2, 0.25) is 5.02 Å². The lowest BCUT2D eigenvalue weighted by atomic mass is 9.85. The van der Waals surface area contributed by atoms with Gasteiger partial charge in [-0.15, -0.1) is 0 Å². The van der Waals surface area contributed by atoms with Gasteiger partial charge < -0.3 is 5.11 Å². The monoisotopic (exact) mass is 315 g/mol. The molecule has 22 heavy (non-hydrogen) atoms. The number of rotatable bonds is 4. The Bertz CT molecular complexity index is 589. The first-order valence-electron chi connectivity index (χ1n) is 7.86. The third-order valence-electron chi connectivity index (χ3n) is 4.48. The largest absolute Gasteiger partial charge is 0.389 e. The second-order valence-electron chi connectivity index (χ2n) is 6.29. The first-order valence-corrected chi connectivity index (χ1v) is 8.24. The summed E-state index contributed by atoms with van der Waals surface area (Å²) in [7, 11) is 0. The van der Waals surface area contributed by atoms with Crippen molar-refractivity contribution in [1.29, 1.82) is 0 Å². The summed E-state index contributed by atoms with van der Waals surface area (Å²) in [6.45, 7) is 2.86. The number of likely N-dealkylation sites (tertiary alicyclic amines) is 1. The fourth-order valence-electron chi connectivity index (χ4n) is 3.13. The molecule has 0 bridgehead atoms. The highest BCUT2D eigenvalue weighted by molar-refractivity contribution is 6.30. The van der Waals surface area contributed by atoms with Crippen LogP contribution in [0.25, 0.3) is 0 Å². The SMILES string of the molecule is OC1(Cc2ccc(Cl)cc2)CCN(Cc2ccccc2)CC1. The Hall–Kier alpha value is -1.35. The summed E-state index contributed by atoms with van der Waals surface area (Å²) in [4.78, 5) is 2.42. The highest BCUT2D eigenvalue weighted by atomic mass is 35.5. The van der Waals surface area contributed by atoms with Gasteiger partial charge in [0.15, 0.2) is 0 Å². The van der Waals surface area contributed by atoms with Crippen LogP contribution in [-0.4, -0.2) is 28.7 Å². The highest BCUT2D eigenvalue weighted by Crippen LogP contribution is 2.27. The van der Waals surface area contributed by atoms with E-state index in [0.717, 1.165) is 43.1 Å². The number of hydrogen-bond donors (Lipinski definition) is 1. The van der Waals surface area contributed by atoms with Gasteiger partial charge in [-0.25, -0.2) is 0 Å². The molecule has 1 heterocycles. The molecule has 3 heteroatoms. The summed E-state index contributed by atoms with van der Waals surface area (Å²) in [5.74, 6) is 0. The molecule has 0 radical (unpaired) electrons. The zero-order valence-corrected chi connectivity index (χ0v) is 13.5. The minimum absolute atomic E-state index is 0.582. The molecule has 0 saturated carbocycles. The van der Waals surface area contributed by atoms with Gasteiger partial charge in [0, 0.05) is 31.1 Å². The Morgan fingerprint density at radius 3 is 2.18 bits per heavy atom. The second kappa shape index (κ2) is 6.82. The summed E-state index contributed by atoms with van der Waals surface area (Å²) in [6, 6.07) is 18.3. The highest BCUT2D eigenvalue weighted by Gasteiger charge is 2.32. The van der Waals surface area contributed by atoms with Gasteiger partial charge in [-0.2, -0.15) is 0 Å². The van der Waals surface area contributed by atoms with Gasteiger partial charge in [0.05, 0.1) is 5.60 Å². The van der Waals surface area contributed by atoms with E-state index in [9.17, 15) is 5.11 Å². The number of halogens is 1. The molecule has 1 saturated heterocycles. The Kier molecular flexibility index (Phi) is 4.82. The molecule has 116 valence electrons. The van der Waals surface area contributed by atoms with Crippen molar-refractivity contribution in [1.82, 2.24) is 4.90 Å². The summed E-state index contributed by atoms with van der Waals surface area (Å²) in [5, 5.41) is 11.6. The van der Waals surface area contributed by atoms with Crippen LogP contribution in [0.1, 0.15) is 24.0 Å². The van der Waals surface area contributed by atoms with Crippen LogP contribution in [0.4, 0.5) is 0 Å². The molecule has 1 aliphatic heterocycles. The second-order valence-corrected chi connectivity index (χ2v) is 6.73. The van der Waals surface area contributed by atoms with Crippen molar-refractivity contribution in [3.63, 3.8) is 0 Å². The maximum Gasteiger partial charge on any atom is 0.0712 e. The maximum atomic E-state index is 10.8. The molecular formula is C19H22ClNO. The van der Waals surface area contributed by atoms with E-state index < -0.39 is 5.60 Å². The molecule has 0 atom stereocenters. The first kappa shape index (κ1) is 15.5. The zero-order chi connectivity index (χ0) is 15.4. The summed E-state index contributed by atoms with van der Waals surface area (Å²) >= 11 is 5.92. The summed E-state index contributed by atoms with van der Waals surface area (Å²) in [6.07, 6.45) is 2.36. The first-order chi connectivity index (χ1) is 10.6. The molecule has 0 aliphatic carbocycles.